The lowest BCUT2D eigenvalue weighted by Crippen LogP contribution is -2.76. The van der Waals surface area contributed by atoms with E-state index in [4.69, 9.17) is 18.9 Å². The third-order valence-electron chi connectivity index (χ3n) is 11.1. The summed E-state index contributed by atoms with van der Waals surface area (Å²) in [5.74, 6) is -0.0622. The maximum Gasteiger partial charge on any atom is 0.144 e. The maximum atomic E-state index is 13.8. The van der Waals surface area contributed by atoms with E-state index in [0.29, 0.717) is 13.0 Å². The molecule has 32 heavy (non-hydrogen) atoms. The lowest BCUT2D eigenvalue weighted by Gasteiger charge is -2.68. The lowest BCUT2D eigenvalue weighted by molar-refractivity contribution is -0.263. The van der Waals surface area contributed by atoms with Crippen LogP contribution in [-0.4, -0.2) is 93.9 Å². The monoisotopic (exact) mass is 449 g/mol. The van der Waals surface area contributed by atoms with Crippen molar-refractivity contribution in [3.05, 3.63) is 0 Å². The van der Waals surface area contributed by atoms with E-state index in [1.54, 1.807) is 21.3 Å². The summed E-state index contributed by atoms with van der Waals surface area (Å²) in [6.45, 7) is 4.77. The number of likely N-dealkylation sites (tertiary alicyclic amines) is 1. The van der Waals surface area contributed by atoms with Gasteiger partial charge in [0.1, 0.15) is 5.78 Å². The highest BCUT2D eigenvalue weighted by Crippen LogP contribution is 2.78. The zero-order chi connectivity index (χ0) is 22.6. The predicted molar refractivity (Wildman–Crippen MR) is 116 cm³/mol. The van der Waals surface area contributed by atoms with Crippen LogP contribution in [0.4, 0.5) is 0 Å². The average Bonchev–Trinajstić information content (AvgIpc) is 3.19. The fourth-order valence-corrected chi connectivity index (χ4v) is 10.7. The first-order chi connectivity index (χ1) is 15.4. The van der Waals surface area contributed by atoms with Gasteiger partial charge in [-0.15, -0.1) is 0 Å². The number of ether oxygens (including phenoxy) is 4. The summed E-state index contributed by atoms with van der Waals surface area (Å²) in [4.78, 5) is 16.4. The van der Waals surface area contributed by atoms with Crippen LogP contribution in [0.15, 0.2) is 0 Å². The Kier molecular flexibility index (Phi) is 4.79. The lowest BCUT2D eigenvalue weighted by atomic mass is 9.43. The van der Waals surface area contributed by atoms with Gasteiger partial charge in [-0.1, -0.05) is 6.92 Å². The van der Waals surface area contributed by atoms with Gasteiger partial charge in [0, 0.05) is 76.0 Å². The van der Waals surface area contributed by atoms with Gasteiger partial charge in [-0.3, -0.25) is 9.69 Å². The summed E-state index contributed by atoms with van der Waals surface area (Å²) in [7, 11) is 7.13. The van der Waals surface area contributed by atoms with Gasteiger partial charge in [-0.25, -0.2) is 0 Å². The summed E-state index contributed by atoms with van der Waals surface area (Å²) >= 11 is 0. The second kappa shape index (κ2) is 6.98. The maximum absolute atomic E-state index is 13.8. The molecule has 7 nitrogen and oxygen atoms in total. The van der Waals surface area contributed by atoms with Crippen molar-refractivity contribution >= 4 is 5.78 Å². The number of hydrogen-bond acceptors (Lipinski definition) is 7. The average molecular weight is 450 g/mol. The van der Waals surface area contributed by atoms with E-state index in [-0.39, 0.29) is 70.6 Å². The van der Waals surface area contributed by atoms with Gasteiger partial charge in [-0.05, 0) is 31.7 Å². The van der Waals surface area contributed by atoms with Crippen molar-refractivity contribution in [2.45, 2.75) is 62.6 Å². The molecule has 0 aromatic rings. The molecule has 6 rings (SSSR count). The van der Waals surface area contributed by atoms with E-state index in [2.05, 4.69) is 11.8 Å². The molecule has 180 valence electrons. The zero-order valence-electron chi connectivity index (χ0n) is 20.1. The molecule has 7 heteroatoms. The smallest absolute Gasteiger partial charge is 0.144 e. The van der Waals surface area contributed by atoms with E-state index in [1.807, 2.05) is 7.11 Å². The molecule has 1 N–H and O–H groups in total. The van der Waals surface area contributed by atoms with Gasteiger partial charge in [0.25, 0.3) is 0 Å². The molecule has 0 aromatic carbocycles. The van der Waals surface area contributed by atoms with Crippen LogP contribution in [0, 0.1) is 40.4 Å². The Bertz CT molecular complexity index is 807. The molecule has 5 aliphatic carbocycles. The minimum absolute atomic E-state index is 0.0531. The van der Waals surface area contributed by atoms with Crippen molar-refractivity contribution in [1.82, 2.24) is 4.90 Å². The number of aliphatic hydroxyl groups is 1. The molecular weight excluding hydrogens is 410 g/mol. The van der Waals surface area contributed by atoms with Gasteiger partial charge < -0.3 is 24.1 Å². The van der Waals surface area contributed by atoms with E-state index >= 15 is 0 Å². The van der Waals surface area contributed by atoms with Crippen LogP contribution in [0.3, 0.4) is 0 Å². The number of piperidine rings is 1. The second-order valence-electron chi connectivity index (χ2n) is 11.6. The predicted octanol–water partition coefficient (Wildman–Crippen LogP) is 1.36. The Morgan fingerprint density at radius 1 is 1.16 bits per heavy atom. The molecule has 6 fully saturated rings. The molecule has 0 unspecified atom stereocenters. The Balaban J connectivity index is 1.64. The number of hydrogen-bond donors (Lipinski definition) is 1. The van der Waals surface area contributed by atoms with E-state index in [0.717, 1.165) is 32.4 Å². The van der Waals surface area contributed by atoms with Crippen LogP contribution in [0.5, 0.6) is 0 Å². The number of carbonyl (C=O) groups excluding carboxylic acids is 1. The molecule has 1 heterocycles. The Labute approximate surface area is 191 Å². The largest absolute Gasteiger partial charge is 0.389 e. The van der Waals surface area contributed by atoms with Crippen LogP contribution in [0.25, 0.3) is 0 Å². The molecular formula is C25H39NO6. The molecule has 12 atom stereocenters. The SMILES string of the molecule is CCN1C[C@]2(COC)CC[C@H](OC)[C@@]34[C@@H]5C[C@H]6C(=O)[C@@H]5[C@](O)(C[C@@H]6OC)[C@@H]([C@H](OC)[C@H]23)[C@@H]14. The molecule has 5 saturated carbocycles. The van der Waals surface area contributed by atoms with Crippen LogP contribution in [0.2, 0.25) is 0 Å². The number of carbonyl (C=O) groups is 1. The van der Waals surface area contributed by atoms with E-state index in [9.17, 15) is 9.90 Å². The van der Waals surface area contributed by atoms with Gasteiger partial charge in [-0.2, -0.15) is 0 Å². The van der Waals surface area contributed by atoms with Crippen LogP contribution in [0.1, 0.15) is 32.6 Å². The van der Waals surface area contributed by atoms with E-state index in [1.165, 1.54) is 0 Å². The Hall–Kier alpha value is -0.570. The fourth-order valence-electron chi connectivity index (χ4n) is 10.7. The highest BCUT2D eigenvalue weighted by Gasteiger charge is 2.86. The normalized spacial score (nSPS) is 57.8. The number of ketones is 1. The third kappa shape index (κ3) is 2.14. The number of methoxy groups -OCH3 is 4. The summed E-state index contributed by atoms with van der Waals surface area (Å²) in [6.07, 6.45) is 3.03. The van der Waals surface area contributed by atoms with Crippen molar-refractivity contribution in [3.63, 3.8) is 0 Å². The van der Waals surface area contributed by atoms with Gasteiger partial charge in [0.15, 0.2) is 0 Å². The van der Waals surface area contributed by atoms with Crippen molar-refractivity contribution < 1.29 is 28.8 Å². The second-order valence-corrected chi connectivity index (χ2v) is 11.6. The molecule has 0 aromatic heterocycles. The minimum atomic E-state index is -1.10. The van der Waals surface area contributed by atoms with Gasteiger partial charge >= 0.3 is 0 Å². The van der Waals surface area contributed by atoms with Crippen molar-refractivity contribution in [2.75, 3.05) is 48.1 Å². The molecule has 6 aliphatic rings. The molecule has 1 spiro atoms. The minimum Gasteiger partial charge on any atom is -0.389 e. The quantitative estimate of drug-likeness (QED) is 0.656. The van der Waals surface area contributed by atoms with Crippen molar-refractivity contribution in [2.24, 2.45) is 40.4 Å². The molecule has 0 amide bonds. The summed E-state index contributed by atoms with van der Waals surface area (Å²) in [6, 6.07) is 0.145. The summed E-state index contributed by atoms with van der Waals surface area (Å²) in [5, 5.41) is 12.5. The fraction of sp³-hybridized carbons (Fsp3) is 0.960. The number of nitrogens with zero attached hydrogens (tertiary/aromatic N) is 1. The first-order valence-corrected chi connectivity index (χ1v) is 12.5. The van der Waals surface area contributed by atoms with Crippen LogP contribution in [-0.2, 0) is 23.7 Å². The first kappa shape index (κ1) is 21.9. The highest BCUT2D eigenvalue weighted by molar-refractivity contribution is 5.89. The molecule has 1 aliphatic heterocycles. The summed E-state index contributed by atoms with van der Waals surface area (Å²) in [5.41, 5.74) is -1.37. The number of rotatable bonds is 6. The third-order valence-corrected chi connectivity index (χ3v) is 11.1. The van der Waals surface area contributed by atoms with Gasteiger partial charge in [0.2, 0.25) is 0 Å². The first-order valence-electron chi connectivity index (χ1n) is 12.5. The van der Waals surface area contributed by atoms with E-state index < -0.39 is 5.60 Å². The summed E-state index contributed by atoms with van der Waals surface area (Å²) < 4.78 is 24.4. The number of fused-ring (bicyclic) bond motifs is 2. The Morgan fingerprint density at radius 3 is 2.56 bits per heavy atom. The van der Waals surface area contributed by atoms with Crippen molar-refractivity contribution in [3.8, 4) is 0 Å². The molecule has 1 saturated heterocycles. The molecule has 7 bridgehead atoms. The number of Topliss-reactive ketones (excluding diaryl/α,β-unsaturated/α-hetero) is 1. The van der Waals surface area contributed by atoms with Crippen molar-refractivity contribution in [1.29, 1.82) is 0 Å². The Morgan fingerprint density at radius 2 is 1.94 bits per heavy atom. The highest BCUT2D eigenvalue weighted by atomic mass is 16.5. The topological polar surface area (TPSA) is 77.5 Å². The van der Waals surface area contributed by atoms with Gasteiger partial charge in [0.05, 0.1) is 36.4 Å². The standard InChI is InChI=1S/C25H39NO6/c1-6-26-11-23(12-29-2)8-7-16(31-4)25-14-9-13-15(30-3)10-24(28,17(14)19(13)27)18(22(25)26)20(32-5)21(23)25/h13-18,20-22,28H,6-12H2,1-5H3/t13-,14-,15+,16+,17-,18+,20+,21-,22-,23+,24-,25+/m1/s1. The van der Waals surface area contributed by atoms with Crippen LogP contribution >= 0.6 is 0 Å². The zero-order valence-corrected chi connectivity index (χ0v) is 20.1. The molecule has 0 radical (unpaired) electrons. The van der Waals surface area contributed by atoms with Crippen LogP contribution < -0.4 is 0 Å².